The molecular formula is C13H13NO. The summed E-state index contributed by atoms with van der Waals surface area (Å²) in [5.74, 6) is 0. The minimum Gasteiger partial charge on any atom is -0.402 e. The average Bonchev–Trinajstić information content (AvgIpc) is 2.30. The normalized spacial score (nSPS) is 24.7. The van der Waals surface area contributed by atoms with Crippen molar-refractivity contribution in [1.29, 1.82) is 0 Å². The van der Waals surface area contributed by atoms with Crippen LogP contribution in [0.4, 0.5) is 0 Å². The lowest BCUT2D eigenvalue weighted by Crippen LogP contribution is -2.29. The molecule has 2 nitrogen and oxygen atoms in total. The zero-order valence-corrected chi connectivity index (χ0v) is 8.39. The van der Waals surface area contributed by atoms with Gasteiger partial charge in [0.2, 0.25) is 0 Å². The maximum absolute atomic E-state index is 11.3. The Labute approximate surface area is 89.1 Å². The van der Waals surface area contributed by atoms with E-state index in [1.807, 2.05) is 48.6 Å². The van der Waals surface area contributed by atoms with E-state index in [4.69, 9.17) is 5.73 Å². The molecule has 76 valence electrons. The molecule has 0 spiro atoms. The summed E-state index contributed by atoms with van der Waals surface area (Å²) < 4.78 is 0. The highest BCUT2D eigenvalue weighted by Crippen LogP contribution is 2.31. The highest BCUT2D eigenvalue weighted by Gasteiger charge is 2.30. The standard InChI is InChI=1S/C13H13NO/c14-12-7-4-8-13(9-12,10-15)11-5-2-1-3-6-11/h1-8,10H,9,14H2. The number of nitrogens with two attached hydrogens (primary N) is 1. The molecule has 0 heterocycles. The smallest absolute Gasteiger partial charge is 0.134 e. The van der Waals surface area contributed by atoms with Crippen LogP contribution in [0.2, 0.25) is 0 Å². The van der Waals surface area contributed by atoms with Gasteiger partial charge in [0.05, 0.1) is 5.41 Å². The Balaban J connectivity index is 2.44. The fourth-order valence-electron chi connectivity index (χ4n) is 1.89. The van der Waals surface area contributed by atoms with E-state index in [1.165, 1.54) is 0 Å². The molecule has 1 aromatic carbocycles. The first kappa shape index (κ1) is 9.71. The third-order valence-corrected chi connectivity index (χ3v) is 2.72. The summed E-state index contributed by atoms with van der Waals surface area (Å²) in [6.45, 7) is 0. The molecule has 15 heavy (non-hydrogen) atoms. The number of benzene rings is 1. The summed E-state index contributed by atoms with van der Waals surface area (Å²) in [4.78, 5) is 11.3. The first-order valence-corrected chi connectivity index (χ1v) is 4.92. The summed E-state index contributed by atoms with van der Waals surface area (Å²) in [5, 5.41) is 0. The average molecular weight is 199 g/mol. The van der Waals surface area contributed by atoms with E-state index < -0.39 is 5.41 Å². The van der Waals surface area contributed by atoms with Gasteiger partial charge in [0, 0.05) is 12.1 Å². The Morgan fingerprint density at radius 3 is 2.60 bits per heavy atom. The van der Waals surface area contributed by atoms with E-state index >= 15 is 0 Å². The molecule has 1 aliphatic rings. The Hall–Kier alpha value is -1.83. The van der Waals surface area contributed by atoms with Gasteiger partial charge in [-0.3, -0.25) is 0 Å². The van der Waals surface area contributed by atoms with Crippen molar-refractivity contribution in [2.75, 3.05) is 0 Å². The molecule has 2 heteroatoms. The zero-order valence-electron chi connectivity index (χ0n) is 8.39. The van der Waals surface area contributed by atoms with E-state index in [1.54, 1.807) is 0 Å². The van der Waals surface area contributed by atoms with Crippen molar-refractivity contribution in [3.05, 3.63) is 59.8 Å². The molecule has 1 atom stereocenters. The second kappa shape index (κ2) is 3.73. The first-order chi connectivity index (χ1) is 7.27. The largest absolute Gasteiger partial charge is 0.402 e. The van der Waals surface area contributed by atoms with Gasteiger partial charge in [-0.15, -0.1) is 0 Å². The maximum atomic E-state index is 11.3. The van der Waals surface area contributed by atoms with E-state index in [0.29, 0.717) is 6.42 Å². The van der Waals surface area contributed by atoms with Crippen molar-refractivity contribution in [3.63, 3.8) is 0 Å². The van der Waals surface area contributed by atoms with Crippen LogP contribution in [0, 0.1) is 0 Å². The third kappa shape index (κ3) is 1.71. The van der Waals surface area contributed by atoms with Crippen LogP contribution in [-0.2, 0) is 10.2 Å². The van der Waals surface area contributed by atoms with Gasteiger partial charge in [-0.2, -0.15) is 0 Å². The molecule has 0 aliphatic heterocycles. The SMILES string of the molecule is NC1=CC=CC(C=O)(c2ccccc2)C1. The van der Waals surface area contributed by atoms with Crippen molar-refractivity contribution >= 4 is 6.29 Å². The van der Waals surface area contributed by atoms with Gasteiger partial charge >= 0.3 is 0 Å². The number of allylic oxidation sites excluding steroid dienone is 4. The van der Waals surface area contributed by atoms with Gasteiger partial charge in [0.1, 0.15) is 6.29 Å². The highest BCUT2D eigenvalue weighted by molar-refractivity contribution is 5.73. The molecule has 0 radical (unpaired) electrons. The van der Waals surface area contributed by atoms with Crippen LogP contribution in [-0.4, -0.2) is 6.29 Å². The molecule has 0 amide bonds. The Morgan fingerprint density at radius 2 is 2.00 bits per heavy atom. The number of rotatable bonds is 2. The monoisotopic (exact) mass is 199 g/mol. The Kier molecular flexibility index (Phi) is 2.42. The van der Waals surface area contributed by atoms with Crippen LogP contribution in [0.3, 0.4) is 0 Å². The molecular weight excluding hydrogens is 186 g/mol. The van der Waals surface area contributed by atoms with E-state index in [0.717, 1.165) is 17.5 Å². The number of hydrogen-bond acceptors (Lipinski definition) is 2. The minimum absolute atomic E-state index is 0.566. The number of aldehydes is 1. The summed E-state index contributed by atoms with van der Waals surface area (Å²) >= 11 is 0. The fourth-order valence-corrected chi connectivity index (χ4v) is 1.89. The maximum Gasteiger partial charge on any atom is 0.134 e. The van der Waals surface area contributed by atoms with Gasteiger partial charge in [-0.1, -0.05) is 42.5 Å². The van der Waals surface area contributed by atoms with Crippen molar-refractivity contribution in [1.82, 2.24) is 0 Å². The highest BCUT2D eigenvalue weighted by atomic mass is 16.1. The Morgan fingerprint density at radius 1 is 1.27 bits per heavy atom. The van der Waals surface area contributed by atoms with E-state index in [-0.39, 0.29) is 0 Å². The lowest BCUT2D eigenvalue weighted by atomic mass is 9.76. The fraction of sp³-hybridized carbons (Fsp3) is 0.154. The van der Waals surface area contributed by atoms with Crippen LogP contribution in [0.1, 0.15) is 12.0 Å². The molecule has 2 rings (SSSR count). The van der Waals surface area contributed by atoms with Crippen LogP contribution >= 0.6 is 0 Å². The molecule has 0 fully saturated rings. The van der Waals surface area contributed by atoms with Gasteiger partial charge in [0.25, 0.3) is 0 Å². The Bertz CT molecular complexity index is 419. The quantitative estimate of drug-likeness (QED) is 0.739. The van der Waals surface area contributed by atoms with E-state index in [2.05, 4.69) is 0 Å². The summed E-state index contributed by atoms with van der Waals surface area (Å²) in [6.07, 6.45) is 7.13. The second-order valence-corrected chi connectivity index (χ2v) is 3.80. The van der Waals surface area contributed by atoms with Crippen LogP contribution in [0.5, 0.6) is 0 Å². The topological polar surface area (TPSA) is 43.1 Å². The summed E-state index contributed by atoms with van der Waals surface area (Å²) in [6, 6.07) is 9.72. The molecule has 2 N–H and O–H groups in total. The molecule has 0 aromatic heterocycles. The molecule has 1 unspecified atom stereocenters. The zero-order chi connectivity index (χ0) is 10.7. The van der Waals surface area contributed by atoms with Crippen molar-refractivity contribution in [3.8, 4) is 0 Å². The van der Waals surface area contributed by atoms with Crippen molar-refractivity contribution in [2.45, 2.75) is 11.8 Å². The first-order valence-electron chi connectivity index (χ1n) is 4.92. The van der Waals surface area contributed by atoms with Crippen LogP contribution < -0.4 is 5.73 Å². The second-order valence-electron chi connectivity index (χ2n) is 3.80. The van der Waals surface area contributed by atoms with Gasteiger partial charge in [-0.25, -0.2) is 0 Å². The third-order valence-electron chi connectivity index (χ3n) is 2.72. The lowest BCUT2D eigenvalue weighted by Gasteiger charge is -2.27. The predicted octanol–water partition coefficient (Wildman–Crippen LogP) is 1.93. The minimum atomic E-state index is -0.569. The molecule has 1 aliphatic carbocycles. The molecule has 0 saturated heterocycles. The summed E-state index contributed by atoms with van der Waals surface area (Å²) in [7, 11) is 0. The molecule has 1 aromatic rings. The van der Waals surface area contributed by atoms with Gasteiger partial charge in [-0.05, 0) is 11.6 Å². The van der Waals surface area contributed by atoms with Gasteiger partial charge in [0.15, 0.2) is 0 Å². The molecule has 0 saturated carbocycles. The number of carbonyl (C=O) groups excluding carboxylic acids is 1. The van der Waals surface area contributed by atoms with Gasteiger partial charge < -0.3 is 10.5 Å². The van der Waals surface area contributed by atoms with Crippen LogP contribution in [0.15, 0.2) is 54.3 Å². The summed E-state index contributed by atoms with van der Waals surface area (Å²) in [5.41, 5.74) is 6.94. The number of hydrogen-bond donors (Lipinski definition) is 1. The lowest BCUT2D eigenvalue weighted by molar-refractivity contribution is -0.111. The van der Waals surface area contributed by atoms with E-state index in [9.17, 15) is 4.79 Å². The number of carbonyl (C=O) groups is 1. The van der Waals surface area contributed by atoms with Crippen LogP contribution in [0.25, 0.3) is 0 Å². The predicted molar refractivity (Wildman–Crippen MR) is 60.2 cm³/mol. The van der Waals surface area contributed by atoms with Crippen molar-refractivity contribution in [2.24, 2.45) is 5.73 Å². The molecule has 0 bridgehead atoms. The van der Waals surface area contributed by atoms with Crippen molar-refractivity contribution < 1.29 is 4.79 Å².